The molecule has 0 unspecified atom stereocenters. The smallest absolute Gasteiger partial charge is 0.173 e. The number of nitrogens with zero attached hydrogens (tertiary/aromatic N) is 1. The summed E-state index contributed by atoms with van der Waals surface area (Å²) in [6.45, 7) is 3.91. The van der Waals surface area contributed by atoms with E-state index in [4.69, 9.17) is 0 Å². The quantitative estimate of drug-likeness (QED) is 0.646. The molecule has 0 amide bonds. The Hall–Kier alpha value is -2.58. The molecule has 2 atom stereocenters. The summed E-state index contributed by atoms with van der Waals surface area (Å²) in [6, 6.07) is 29.1. The Kier molecular flexibility index (Phi) is 5.98. The van der Waals surface area contributed by atoms with Gasteiger partial charge in [-0.1, -0.05) is 78.4 Å². The third-order valence-corrected chi connectivity index (χ3v) is 6.07. The summed E-state index contributed by atoms with van der Waals surface area (Å²) in [5.41, 5.74) is 1.91. The molecule has 1 N–H and O–H groups in total. The van der Waals surface area contributed by atoms with Gasteiger partial charge in [-0.15, -0.1) is 4.72 Å². The van der Waals surface area contributed by atoms with Crippen LogP contribution in [0.2, 0.25) is 0 Å². The van der Waals surface area contributed by atoms with Gasteiger partial charge in [-0.2, -0.15) is 5.26 Å². The van der Waals surface area contributed by atoms with Crippen molar-refractivity contribution >= 4 is 11.4 Å². The van der Waals surface area contributed by atoms with Gasteiger partial charge in [-0.3, -0.25) is 0 Å². The number of nitriles is 1. The van der Waals surface area contributed by atoms with Crippen LogP contribution in [0.3, 0.4) is 0 Å². The Bertz CT molecular complexity index is 865. The summed E-state index contributed by atoms with van der Waals surface area (Å²) in [7, 11) is 0. The Morgan fingerprint density at radius 3 is 1.81 bits per heavy atom. The van der Waals surface area contributed by atoms with E-state index in [-0.39, 0.29) is 6.04 Å². The van der Waals surface area contributed by atoms with E-state index in [2.05, 4.69) is 10.8 Å². The third kappa shape index (κ3) is 3.91. The van der Waals surface area contributed by atoms with Gasteiger partial charge in [0, 0.05) is 0 Å². The number of nitrogens with one attached hydrogen (secondary N) is 1. The number of aryl methyl sites for hydroxylation is 1. The maximum Gasteiger partial charge on any atom is 0.173 e. The van der Waals surface area contributed by atoms with Crippen molar-refractivity contribution in [1.29, 1.82) is 5.26 Å². The second kappa shape index (κ2) is 8.41. The van der Waals surface area contributed by atoms with Gasteiger partial charge in [0.1, 0.15) is 5.41 Å². The van der Waals surface area contributed by atoms with E-state index >= 15 is 0 Å². The molecule has 3 aromatic carbocycles. The Balaban J connectivity index is 2.00. The van der Waals surface area contributed by atoms with Crippen LogP contribution in [-0.2, 0) is 16.8 Å². The second-order valence-electron chi connectivity index (χ2n) is 6.57. The standard InChI is InChI=1S/C23H22N2OS/c1-18-13-15-22(16-14-18)27(26)25-19(2)23(17-24,20-9-5-3-6-10-20)21-11-7-4-8-12-21/h3-16,19,25H,1-2H3/t19-,27-/m0/s1. The molecule has 27 heavy (non-hydrogen) atoms. The summed E-state index contributed by atoms with van der Waals surface area (Å²) in [4.78, 5) is 0.695. The SMILES string of the molecule is Cc1ccc([S@+]([O-])N[C@@H](C)C(C#N)(c2ccccc2)c2ccccc2)cc1. The Labute approximate surface area is 164 Å². The Morgan fingerprint density at radius 1 is 0.889 bits per heavy atom. The van der Waals surface area contributed by atoms with Crippen LogP contribution >= 0.6 is 0 Å². The van der Waals surface area contributed by atoms with Gasteiger partial charge in [-0.05, 0) is 37.1 Å². The zero-order chi connectivity index (χ0) is 19.3. The summed E-state index contributed by atoms with van der Waals surface area (Å²) in [6.07, 6.45) is 0. The lowest BCUT2D eigenvalue weighted by Crippen LogP contribution is -2.48. The molecule has 0 aliphatic rings. The molecule has 3 rings (SSSR count). The lowest BCUT2D eigenvalue weighted by atomic mass is 9.71. The molecule has 0 saturated carbocycles. The number of rotatable bonds is 6. The molecule has 0 aliphatic carbocycles. The molecule has 0 heterocycles. The van der Waals surface area contributed by atoms with Crippen molar-refractivity contribution in [3.63, 3.8) is 0 Å². The largest absolute Gasteiger partial charge is 0.593 e. The van der Waals surface area contributed by atoms with Crippen LogP contribution in [-0.4, -0.2) is 10.6 Å². The van der Waals surface area contributed by atoms with Crippen LogP contribution in [0, 0.1) is 18.3 Å². The fourth-order valence-corrected chi connectivity index (χ4v) is 4.29. The normalized spacial score (nSPS) is 13.6. The van der Waals surface area contributed by atoms with E-state index < -0.39 is 16.8 Å². The van der Waals surface area contributed by atoms with Gasteiger partial charge >= 0.3 is 0 Å². The van der Waals surface area contributed by atoms with Gasteiger partial charge in [-0.25, -0.2) is 0 Å². The van der Waals surface area contributed by atoms with Crippen molar-refractivity contribution in [2.45, 2.75) is 30.2 Å². The van der Waals surface area contributed by atoms with Crippen molar-refractivity contribution in [3.05, 3.63) is 102 Å². The first-order chi connectivity index (χ1) is 13.1. The molecule has 136 valence electrons. The fraction of sp³-hybridized carbons (Fsp3) is 0.174. The van der Waals surface area contributed by atoms with Crippen LogP contribution in [0.15, 0.2) is 89.8 Å². The molecule has 0 aliphatic heterocycles. The van der Waals surface area contributed by atoms with Crippen molar-refractivity contribution in [3.8, 4) is 6.07 Å². The first-order valence-corrected chi connectivity index (χ1v) is 10.00. The first kappa shape index (κ1) is 19.2. The third-order valence-electron chi connectivity index (χ3n) is 4.80. The summed E-state index contributed by atoms with van der Waals surface area (Å²) in [5, 5.41) is 10.3. The monoisotopic (exact) mass is 374 g/mol. The minimum absolute atomic E-state index is 0.380. The van der Waals surface area contributed by atoms with Crippen molar-refractivity contribution in [1.82, 2.24) is 4.72 Å². The maximum absolute atomic E-state index is 12.9. The zero-order valence-corrected chi connectivity index (χ0v) is 16.2. The van der Waals surface area contributed by atoms with Crippen molar-refractivity contribution in [2.24, 2.45) is 0 Å². The molecule has 0 bridgehead atoms. The topological polar surface area (TPSA) is 58.9 Å². The highest BCUT2D eigenvalue weighted by Gasteiger charge is 2.42. The predicted molar refractivity (Wildman–Crippen MR) is 109 cm³/mol. The first-order valence-electron chi connectivity index (χ1n) is 8.85. The van der Waals surface area contributed by atoms with E-state index in [9.17, 15) is 9.81 Å². The van der Waals surface area contributed by atoms with Gasteiger partial charge in [0.2, 0.25) is 0 Å². The molecule has 0 aromatic heterocycles. The molecule has 4 heteroatoms. The fourth-order valence-electron chi connectivity index (χ4n) is 3.27. The van der Waals surface area contributed by atoms with E-state index in [1.54, 1.807) is 0 Å². The molecular formula is C23H22N2OS. The Morgan fingerprint density at radius 2 is 1.37 bits per heavy atom. The van der Waals surface area contributed by atoms with Crippen molar-refractivity contribution < 1.29 is 4.55 Å². The maximum atomic E-state index is 12.9. The predicted octanol–water partition coefficient (Wildman–Crippen LogP) is 4.51. The molecule has 0 radical (unpaired) electrons. The molecule has 3 nitrogen and oxygen atoms in total. The van der Waals surface area contributed by atoms with E-state index in [1.807, 2.05) is 98.8 Å². The number of hydrogen-bond acceptors (Lipinski definition) is 3. The summed E-state index contributed by atoms with van der Waals surface area (Å²) in [5.74, 6) is 0. The molecule has 0 fully saturated rings. The molecule has 0 saturated heterocycles. The highest BCUT2D eigenvalue weighted by Crippen LogP contribution is 2.36. The van der Waals surface area contributed by atoms with Gasteiger partial charge in [0.05, 0.1) is 23.5 Å². The minimum Gasteiger partial charge on any atom is -0.593 e. The van der Waals surface area contributed by atoms with Crippen LogP contribution in [0.25, 0.3) is 0 Å². The van der Waals surface area contributed by atoms with Crippen LogP contribution < -0.4 is 4.72 Å². The van der Waals surface area contributed by atoms with Crippen LogP contribution in [0.4, 0.5) is 0 Å². The van der Waals surface area contributed by atoms with E-state index in [0.717, 1.165) is 16.7 Å². The van der Waals surface area contributed by atoms with Crippen LogP contribution in [0.5, 0.6) is 0 Å². The van der Waals surface area contributed by atoms with Gasteiger partial charge in [0.25, 0.3) is 0 Å². The molecule has 0 spiro atoms. The highest BCUT2D eigenvalue weighted by atomic mass is 32.2. The van der Waals surface area contributed by atoms with Gasteiger partial charge in [0.15, 0.2) is 4.90 Å². The average molecular weight is 375 g/mol. The summed E-state index contributed by atoms with van der Waals surface area (Å²) >= 11 is -1.42. The number of hydrogen-bond donors (Lipinski definition) is 1. The summed E-state index contributed by atoms with van der Waals surface area (Å²) < 4.78 is 16.0. The lowest BCUT2D eigenvalue weighted by molar-refractivity contribution is 0.481. The van der Waals surface area contributed by atoms with E-state index in [1.165, 1.54) is 0 Å². The minimum atomic E-state index is -1.42. The highest BCUT2D eigenvalue weighted by molar-refractivity contribution is 7.89. The molecular weight excluding hydrogens is 352 g/mol. The second-order valence-corrected chi connectivity index (χ2v) is 7.82. The lowest BCUT2D eigenvalue weighted by Gasteiger charge is -2.34. The van der Waals surface area contributed by atoms with Gasteiger partial charge < -0.3 is 4.55 Å². The van der Waals surface area contributed by atoms with Crippen molar-refractivity contribution in [2.75, 3.05) is 0 Å². The number of benzene rings is 3. The average Bonchev–Trinajstić information content (AvgIpc) is 2.71. The zero-order valence-electron chi connectivity index (χ0n) is 15.4. The molecule has 3 aromatic rings. The van der Waals surface area contributed by atoms with E-state index in [0.29, 0.717) is 4.90 Å². The van der Waals surface area contributed by atoms with Crippen LogP contribution in [0.1, 0.15) is 23.6 Å².